The molecule has 3 heteroatoms. The van der Waals surface area contributed by atoms with E-state index in [4.69, 9.17) is 10.5 Å². The van der Waals surface area contributed by atoms with Crippen LogP contribution >= 0.6 is 0 Å². The maximum atomic E-state index is 5.75. The van der Waals surface area contributed by atoms with Crippen LogP contribution in [-0.4, -0.2) is 25.1 Å². The number of methoxy groups -OCH3 is 1. The minimum Gasteiger partial charge on any atom is -0.496 e. The lowest BCUT2D eigenvalue weighted by Crippen LogP contribution is -2.26. The molecule has 0 saturated carbocycles. The molecule has 3 nitrogen and oxygen atoms in total. The molecule has 0 amide bonds. The van der Waals surface area contributed by atoms with Crippen LogP contribution in [-0.2, 0) is 13.1 Å². The molecule has 1 aromatic rings. The third kappa shape index (κ3) is 3.15. The second-order valence-electron chi connectivity index (χ2n) is 6.02. The Morgan fingerprint density at radius 2 is 2.05 bits per heavy atom. The lowest BCUT2D eigenvalue weighted by atomic mass is 9.82. The van der Waals surface area contributed by atoms with E-state index < -0.39 is 0 Å². The van der Waals surface area contributed by atoms with Crippen LogP contribution in [0.3, 0.4) is 0 Å². The highest BCUT2D eigenvalue weighted by atomic mass is 16.5. The predicted octanol–water partition coefficient (Wildman–Crippen LogP) is 3.17. The van der Waals surface area contributed by atoms with Crippen LogP contribution in [0.5, 0.6) is 5.75 Å². The van der Waals surface area contributed by atoms with E-state index in [1.165, 1.54) is 43.5 Å². The van der Waals surface area contributed by atoms with Gasteiger partial charge in [0, 0.05) is 25.2 Å². The van der Waals surface area contributed by atoms with Crippen molar-refractivity contribution in [3.05, 3.63) is 29.3 Å². The highest BCUT2D eigenvalue weighted by Gasteiger charge is 2.34. The van der Waals surface area contributed by atoms with E-state index in [2.05, 4.69) is 30.9 Å². The Morgan fingerprint density at radius 3 is 2.60 bits per heavy atom. The van der Waals surface area contributed by atoms with Crippen LogP contribution in [0, 0.1) is 5.41 Å². The Labute approximate surface area is 123 Å². The van der Waals surface area contributed by atoms with Gasteiger partial charge >= 0.3 is 0 Å². The van der Waals surface area contributed by atoms with Gasteiger partial charge < -0.3 is 10.5 Å². The number of ether oxygens (including phenoxy) is 1. The molecule has 1 aromatic carbocycles. The summed E-state index contributed by atoms with van der Waals surface area (Å²) in [5.41, 5.74) is 8.72. The average molecular weight is 276 g/mol. The SMILES string of the molecule is CCC1(CC)CCN(Cc2cc(CN)ccc2OC)C1. The van der Waals surface area contributed by atoms with Gasteiger partial charge in [0.1, 0.15) is 5.75 Å². The molecule has 0 atom stereocenters. The highest BCUT2D eigenvalue weighted by Crippen LogP contribution is 2.38. The summed E-state index contributed by atoms with van der Waals surface area (Å²) in [6.45, 7) is 8.60. The van der Waals surface area contributed by atoms with Gasteiger partial charge in [0.2, 0.25) is 0 Å². The van der Waals surface area contributed by atoms with Gasteiger partial charge in [-0.3, -0.25) is 4.90 Å². The maximum Gasteiger partial charge on any atom is 0.123 e. The largest absolute Gasteiger partial charge is 0.496 e. The molecule has 1 saturated heterocycles. The summed E-state index contributed by atoms with van der Waals surface area (Å²) in [5.74, 6) is 0.979. The maximum absolute atomic E-state index is 5.75. The van der Waals surface area contributed by atoms with Crippen LogP contribution in [0.15, 0.2) is 18.2 Å². The molecule has 0 bridgehead atoms. The first-order chi connectivity index (χ1) is 9.66. The smallest absolute Gasteiger partial charge is 0.123 e. The van der Waals surface area contributed by atoms with Crippen molar-refractivity contribution in [3.63, 3.8) is 0 Å². The van der Waals surface area contributed by atoms with Crippen molar-refractivity contribution in [2.24, 2.45) is 11.1 Å². The van der Waals surface area contributed by atoms with Crippen LogP contribution in [0.25, 0.3) is 0 Å². The zero-order chi connectivity index (χ0) is 14.6. The molecule has 0 unspecified atom stereocenters. The van der Waals surface area contributed by atoms with Gasteiger partial charge in [-0.25, -0.2) is 0 Å². The lowest BCUT2D eigenvalue weighted by molar-refractivity contribution is 0.234. The Bertz CT molecular complexity index is 441. The van der Waals surface area contributed by atoms with E-state index >= 15 is 0 Å². The summed E-state index contributed by atoms with van der Waals surface area (Å²) < 4.78 is 5.49. The van der Waals surface area contributed by atoms with Gasteiger partial charge in [-0.05, 0) is 48.9 Å². The first kappa shape index (κ1) is 15.3. The second-order valence-corrected chi connectivity index (χ2v) is 6.02. The molecule has 1 heterocycles. The summed E-state index contributed by atoms with van der Waals surface area (Å²) in [7, 11) is 1.74. The first-order valence-corrected chi connectivity index (χ1v) is 7.74. The van der Waals surface area contributed by atoms with Gasteiger partial charge in [0.25, 0.3) is 0 Å². The minimum atomic E-state index is 0.527. The van der Waals surface area contributed by atoms with Crippen molar-refractivity contribution in [2.45, 2.75) is 46.2 Å². The van der Waals surface area contributed by atoms with Gasteiger partial charge in [0.15, 0.2) is 0 Å². The third-order valence-corrected chi connectivity index (χ3v) is 4.99. The summed E-state index contributed by atoms with van der Waals surface area (Å²) in [5, 5.41) is 0. The average Bonchev–Trinajstić information content (AvgIpc) is 2.91. The summed E-state index contributed by atoms with van der Waals surface area (Å²) >= 11 is 0. The van der Waals surface area contributed by atoms with Crippen molar-refractivity contribution in [1.29, 1.82) is 0 Å². The lowest BCUT2D eigenvalue weighted by Gasteiger charge is -2.26. The summed E-state index contributed by atoms with van der Waals surface area (Å²) in [4.78, 5) is 2.56. The zero-order valence-electron chi connectivity index (χ0n) is 13.1. The van der Waals surface area contributed by atoms with Crippen molar-refractivity contribution >= 4 is 0 Å². The number of nitrogens with zero attached hydrogens (tertiary/aromatic N) is 1. The molecule has 1 aliphatic rings. The topological polar surface area (TPSA) is 38.5 Å². The predicted molar refractivity (Wildman–Crippen MR) is 83.8 cm³/mol. The standard InChI is InChI=1S/C17H28N2O/c1-4-17(5-2)8-9-19(13-17)12-15-10-14(11-18)6-7-16(15)20-3/h6-7,10H,4-5,8-9,11-13,18H2,1-3H3. The van der Waals surface area contributed by atoms with Gasteiger partial charge in [0.05, 0.1) is 7.11 Å². The molecule has 0 radical (unpaired) electrons. The summed E-state index contributed by atoms with van der Waals surface area (Å²) in [6, 6.07) is 6.28. The van der Waals surface area contributed by atoms with Crippen LogP contribution in [0.2, 0.25) is 0 Å². The fourth-order valence-corrected chi connectivity index (χ4v) is 3.31. The van der Waals surface area contributed by atoms with E-state index in [0.717, 1.165) is 12.3 Å². The molecule has 1 aliphatic heterocycles. The number of hydrogen-bond donors (Lipinski definition) is 1. The van der Waals surface area contributed by atoms with Crippen molar-refractivity contribution < 1.29 is 4.74 Å². The van der Waals surface area contributed by atoms with Crippen LogP contribution in [0.1, 0.15) is 44.2 Å². The normalized spacial score (nSPS) is 18.4. The van der Waals surface area contributed by atoms with Gasteiger partial charge in [-0.15, -0.1) is 0 Å². The zero-order valence-corrected chi connectivity index (χ0v) is 13.1. The molecule has 112 valence electrons. The van der Waals surface area contributed by atoms with E-state index in [-0.39, 0.29) is 0 Å². The fraction of sp³-hybridized carbons (Fsp3) is 0.647. The Balaban J connectivity index is 2.10. The molecule has 0 spiro atoms. The first-order valence-electron chi connectivity index (χ1n) is 7.74. The van der Waals surface area contributed by atoms with E-state index in [9.17, 15) is 0 Å². The number of nitrogens with two attached hydrogens (primary N) is 1. The van der Waals surface area contributed by atoms with Crippen molar-refractivity contribution in [3.8, 4) is 5.75 Å². The Hall–Kier alpha value is -1.06. The van der Waals surface area contributed by atoms with Crippen LogP contribution in [0.4, 0.5) is 0 Å². The minimum absolute atomic E-state index is 0.527. The molecule has 2 N–H and O–H groups in total. The van der Waals surface area contributed by atoms with Gasteiger partial charge in [-0.1, -0.05) is 19.9 Å². The second kappa shape index (κ2) is 6.59. The van der Waals surface area contributed by atoms with Crippen molar-refractivity contribution in [2.75, 3.05) is 20.2 Å². The molecule has 1 fully saturated rings. The number of hydrogen-bond acceptors (Lipinski definition) is 3. The molecule has 2 rings (SSSR count). The number of benzene rings is 1. The monoisotopic (exact) mass is 276 g/mol. The van der Waals surface area contributed by atoms with Gasteiger partial charge in [-0.2, -0.15) is 0 Å². The molecular weight excluding hydrogens is 248 g/mol. The van der Waals surface area contributed by atoms with Crippen LogP contribution < -0.4 is 10.5 Å². The Kier molecular flexibility index (Phi) is 5.06. The third-order valence-electron chi connectivity index (χ3n) is 4.99. The molecule has 0 aliphatic carbocycles. The highest BCUT2D eigenvalue weighted by molar-refractivity contribution is 5.37. The quantitative estimate of drug-likeness (QED) is 0.867. The van der Waals surface area contributed by atoms with E-state index in [1.807, 2.05) is 6.07 Å². The van der Waals surface area contributed by atoms with Crippen molar-refractivity contribution in [1.82, 2.24) is 4.90 Å². The fourth-order valence-electron chi connectivity index (χ4n) is 3.31. The van der Waals surface area contributed by atoms with E-state index in [0.29, 0.717) is 12.0 Å². The number of rotatable bonds is 6. The molecule has 20 heavy (non-hydrogen) atoms. The molecule has 0 aromatic heterocycles. The Morgan fingerprint density at radius 1 is 1.30 bits per heavy atom. The van der Waals surface area contributed by atoms with E-state index in [1.54, 1.807) is 7.11 Å². The molecular formula is C17H28N2O. The summed E-state index contributed by atoms with van der Waals surface area (Å²) in [6.07, 6.45) is 3.87. The number of likely N-dealkylation sites (tertiary alicyclic amines) is 1.